The average Bonchev–Trinajstić information content (AvgIpc) is 2.99. The molecule has 0 bridgehead atoms. The van der Waals surface area contributed by atoms with E-state index in [1.165, 1.54) is 6.33 Å². The van der Waals surface area contributed by atoms with Crippen LogP contribution in [0.25, 0.3) is 11.1 Å². The van der Waals surface area contributed by atoms with E-state index in [0.29, 0.717) is 34.9 Å². The molecule has 0 amide bonds. The molecule has 1 atom stereocenters. The van der Waals surface area contributed by atoms with Crippen LogP contribution in [0.2, 0.25) is 0 Å². The molecule has 3 rings (SSSR count). The maximum Gasteiger partial charge on any atom is 0.311 e. The zero-order chi connectivity index (χ0) is 16.9. The Morgan fingerprint density at radius 2 is 2.25 bits per heavy atom. The summed E-state index contributed by atoms with van der Waals surface area (Å²) < 4.78 is 10.7. The second-order valence-corrected chi connectivity index (χ2v) is 5.19. The molecule has 3 heterocycles. The Morgan fingerprint density at radius 1 is 1.38 bits per heavy atom. The number of aliphatic hydroxyl groups is 1. The van der Waals surface area contributed by atoms with Crippen LogP contribution in [0.1, 0.15) is 30.0 Å². The van der Waals surface area contributed by atoms with E-state index in [1.54, 1.807) is 37.4 Å². The van der Waals surface area contributed by atoms with Gasteiger partial charge in [0.2, 0.25) is 0 Å². The molecule has 1 unspecified atom stereocenters. The number of ether oxygens (including phenoxy) is 1. The van der Waals surface area contributed by atoms with Gasteiger partial charge < -0.3 is 14.3 Å². The molecule has 0 aromatic carbocycles. The molecule has 24 heavy (non-hydrogen) atoms. The predicted molar refractivity (Wildman–Crippen MR) is 85.3 cm³/mol. The summed E-state index contributed by atoms with van der Waals surface area (Å²) in [6, 6.07) is 6.97. The lowest BCUT2D eigenvalue weighted by atomic mass is 10.0. The minimum Gasteiger partial charge on any atom is -0.466 e. The molecule has 1 N–H and O–H groups in total. The first-order valence-corrected chi connectivity index (χ1v) is 7.63. The standard InChI is InChI=1S/C17H17N3O4/c1-2-23-17(22)7-11-3-4-15-14(20-11)8-16(24-15)12(9-21)13-5-6-18-10-19-13/h3-6,8,10,12,21H,2,7,9H2,1H3. The van der Waals surface area contributed by atoms with Gasteiger partial charge in [-0.2, -0.15) is 0 Å². The van der Waals surface area contributed by atoms with E-state index >= 15 is 0 Å². The van der Waals surface area contributed by atoms with Gasteiger partial charge in [0.15, 0.2) is 5.58 Å². The van der Waals surface area contributed by atoms with Gasteiger partial charge in [-0.3, -0.25) is 4.79 Å². The number of furan rings is 1. The van der Waals surface area contributed by atoms with Gasteiger partial charge in [0.1, 0.15) is 17.6 Å². The Labute approximate surface area is 138 Å². The Morgan fingerprint density at radius 3 is 2.96 bits per heavy atom. The maximum absolute atomic E-state index is 11.6. The van der Waals surface area contributed by atoms with Gasteiger partial charge in [-0.15, -0.1) is 0 Å². The van der Waals surface area contributed by atoms with Crippen LogP contribution in [-0.2, 0) is 16.0 Å². The second kappa shape index (κ2) is 7.18. The van der Waals surface area contributed by atoms with Crippen LogP contribution < -0.4 is 0 Å². The largest absolute Gasteiger partial charge is 0.466 e. The number of esters is 1. The first-order valence-electron chi connectivity index (χ1n) is 7.63. The molecule has 0 saturated heterocycles. The van der Waals surface area contributed by atoms with Crippen molar-refractivity contribution in [3.8, 4) is 0 Å². The highest BCUT2D eigenvalue weighted by molar-refractivity contribution is 5.76. The van der Waals surface area contributed by atoms with Crippen molar-refractivity contribution in [2.45, 2.75) is 19.3 Å². The fourth-order valence-corrected chi connectivity index (χ4v) is 2.45. The third-order valence-electron chi connectivity index (χ3n) is 3.57. The number of hydrogen-bond acceptors (Lipinski definition) is 7. The Hall–Kier alpha value is -2.80. The van der Waals surface area contributed by atoms with Gasteiger partial charge in [-0.1, -0.05) is 0 Å². The van der Waals surface area contributed by atoms with Crippen molar-refractivity contribution in [3.63, 3.8) is 0 Å². The summed E-state index contributed by atoms with van der Waals surface area (Å²) in [5.74, 6) is -0.148. The SMILES string of the molecule is CCOC(=O)Cc1ccc2oc(C(CO)c3ccncn3)cc2n1. The number of carbonyl (C=O) groups excluding carboxylic acids is 1. The lowest BCUT2D eigenvalue weighted by Gasteiger charge is -2.09. The predicted octanol–water partition coefficient (Wildman–Crippen LogP) is 1.85. The number of aliphatic hydroxyl groups excluding tert-OH is 1. The molecule has 0 spiro atoms. The summed E-state index contributed by atoms with van der Waals surface area (Å²) >= 11 is 0. The zero-order valence-electron chi connectivity index (χ0n) is 13.2. The molecule has 3 aromatic rings. The van der Waals surface area contributed by atoms with Crippen molar-refractivity contribution in [2.75, 3.05) is 13.2 Å². The first kappa shape index (κ1) is 16.1. The number of fused-ring (bicyclic) bond motifs is 1. The van der Waals surface area contributed by atoms with Gasteiger partial charge in [-0.25, -0.2) is 15.0 Å². The summed E-state index contributed by atoms with van der Waals surface area (Å²) in [6.45, 7) is 1.96. The van der Waals surface area contributed by atoms with Crippen LogP contribution in [0.5, 0.6) is 0 Å². The fourth-order valence-electron chi connectivity index (χ4n) is 2.45. The van der Waals surface area contributed by atoms with Crippen molar-refractivity contribution in [2.24, 2.45) is 0 Å². The van der Waals surface area contributed by atoms with Crippen LogP contribution in [-0.4, -0.2) is 39.2 Å². The van der Waals surface area contributed by atoms with Crippen LogP contribution >= 0.6 is 0 Å². The quantitative estimate of drug-likeness (QED) is 0.690. The Balaban J connectivity index is 1.89. The summed E-state index contributed by atoms with van der Waals surface area (Å²) in [5.41, 5.74) is 2.48. The molecule has 7 nitrogen and oxygen atoms in total. The van der Waals surface area contributed by atoms with Crippen LogP contribution in [0.15, 0.2) is 41.2 Å². The average molecular weight is 327 g/mol. The number of rotatable bonds is 6. The van der Waals surface area contributed by atoms with E-state index in [9.17, 15) is 9.90 Å². The molecule has 0 saturated carbocycles. The number of nitrogens with zero attached hydrogens (tertiary/aromatic N) is 3. The maximum atomic E-state index is 11.6. The zero-order valence-corrected chi connectivity index (χ0v) is 13.2. The van der Waals surface area contributed by atoms with Crippen LogP contribution in [0.3, 0.4) is 0 Å². The minimum absolute atomic E-state index is 0.111. The smallest absolute Gasteiger partial charge is 0.311 e. The lowest BCUT2D eigenvalue weighted by molar-refractivity contribution is -0.142. The minimum atomic E-state index is -0.393. The van der Waals surface area contributed by atoms with Crippen LogP contribution in [0.4, 0.5) is 0 Å². The Bertz CT molecular complexity index is 832. The molecule has 3 aromatic heterocycles. The highest BCUT2D eigenvalue weighted by Gasteiger charge is 2.20. The summed E-state index contributed by atoms with van der Waals surface area (Å²) in [5, 5.41) is 9.69. The van der Waals surface area contributed by atoms with Gasteiger partial charge in [-0.05, 0) is 25.1 Å². The molecule has 0 fully saturated rings. The van der Waals surface area contributed by atoms with Gasteiger partial charge in [0.25, 0.3) is 0 Å². The third kappa shape index (κ3) is 3.41. The number of carbonyl (C=O) groups is 1. The molecular formula is C17H17N3O4. The number of hydrogen-bond donors (Lipinski definition) is 1. The fraction of sp³-hybridized carbons (Fsp3) is 0.294. The number of pyridine rings is 1. The van der Waals surface area contributed by atoms with E-state index < -0.39 is 5.92 Å². The van der Waals surface area contributed by atoms with Crippen molar-refractivity contribution >= 4 is 17.1 Å². The van der Waals surface area contributed by atoms with E-state index in [2.05, 4.69) is 15.0 Å². The van der Waals surface area contributed by atoms with Crippen molar-refractivity contribution in [3.05, 3.63) is 53.9 Å². The van der Waals surface area contributed by atoms with Crippen molar-refractivity contribution in [1.29, 1.82) is 0 Å². The molecular weight excluding hydrogens is 310 g/mol. The number of aromatic nitrogens is 3. The van der Waals surface area contributed by atoms with Gasteiger partial charge in [0.05, 0.1) is 36.9 Å². The summed E-state index contributed by atoms with van der Waals surface area (Å²) in [7, 11) is 0. The molecule has 0 radical (unpaired) electrons. The molecule has 0 aliphatic heterocycles. The first-order chi connectivity index (χ1) is 11.7. The van der Waals surface area contributed by atoms with Gasteiger partial charge >= 0.3 is 5.97 Å². The van der Waals surface area contributed by atoms with E-state index in [0.717, 1.165) is 0 Å². The molecule has 0 aliphatic carbocycles. The molecule has 124 valence electrons. The topological polar surface area (TPSA) is 98.3 Å². The van der Waals surface area contributed by atoms with E-state index in [-0.39, 0.29) is 19.0 Å². The molecule has 7 heteroatoms. The highest BCUT2D eigenvalue weighted by atomic mass is 16.5. The summed E-state index contributed by atoms with van der Waals surface area (Å²) in [4.78, 5) is 24.0. The monoisotopic (exact) mass is 327 g/mol. The normalized spacial score (nSPS) is 12.2. The van der Waals surface area contributed by atoms with Crippen molar-refractivity contribution in [1.82, 2.24) is 15.0 Å². The second-order valence-electron chi connectivity index (χ2n) is 5.19. The van der Waals surface area contributed by atoms with Gasteiger partial charge in [0, 0.05) is 12.3 Å². The van der Waals surface area contributed by atoms with Crippen molar-refractivity contribution < 1.29 is 19.1 Å². The molecule has 0 aliphatic rings. The van der Waals surface area contributed by atoms with Crippen LogP contribution in [0, 0.1) is 0 Å². The van der Waals surface area contributed by atoms with E-state index in [1.807, 2.05) is 0 Å². The highest BCUT2D eigenvalue weighted by Crippen LogP contribution is 2.28. The Kier molecular flexibility index (Phi) is 4.81. The summed E-state index contributed by atoms with van der Waals surface area (Å²) in [6.07, 6.45) is 3.15. The van der Waals surface area contributed by atoms with E-state index in [4.69, 9.17) is 9.15 Å². The lowest BCUT2D eigenvalue weighted by Crippen LogP contribution is -2.08. The third-order valence-corrected chi connectivity index (χ3v) is 3.57.